The minimum atomic E-state index is -0.162. The molecule has 0 bridgehead atoms. The Morgan fingerprint density at radius 1 is 1.50 bits per heavy atom. The van der Waals surface area contributed by atoms with Gasteiger partial charge in [-0.05, 0) is 18.6 Å². The van der Waals surface area contributed by atoms with Crippen molar-refractivity contribution in [1.29, 1.82) is 0 Å². The molecule has 1 atom stereocenters. The van der Waals surface area contributed by atoms with Crippen molar-refractivity contribution in [1.82, 2.24) is 4.98 Å². The lowest BCUT2D eigenvalue weighted by atomic mass is 9.97. The van der Waals surface area contributed by atoms with Gasteiger partial charge in [-0.2, -0.15) is 0 Å². The van der Waals surface area contributed by atoms with Crippen molar-refractivity contribution in [3.05, 3.63) is 30.1 Å². The highest BCUT2D eigenvalue weighted by Crippen LogP contribution is 2.16. The standard InChI is InChI=1S/C12H13NO3/c14-11(9-2-1-4-13-7-9)6-12(15)10-3-5-16-8-10/h1-2,4,7,10H,3,5-6,8H2. The third-order valence-corrected chi connectivity index (χ3v) is 2.70. The maximum absolute atomic E-state index is 11.7. The normalized spacial score (nSPS) is 19.6. The molecule has 0 radical (unpaired) electrons. The predicted molar refractivity (Wildman–Crippen MR) is 57.1 cm³/mol. The van der Waals surface area contributed by atoms with Crippen molar-refractivity contribution in [2.75, 3.05) is 13.2 Å². The summed E-state index contributed by atoms with van der Waals surface area (Å²) in [5, 5.41) is 0. The maximum atomic E-state index is 11.7. The van der Waals surface area contributed by atoms with E-state index in [4.69, 9.17) is 4.74 Å². The number of aromatic nitrogens is 1. The largest absolute Gasteiger partial charge is 0.381 e. The van der Waals surface area contributed by atoms with Crippen LogP contribution in [0, 0.1) is 5.92 Å². The third-order valence-electron chi connectivity index (χ3n) is 2.70. The van der Waals surface area contributed by atoms with Gasteiger partial charge in [-0.25, -0.2) is 0 Å². The van der Waals surface area contributed by atoms with Crippen LogP contribution in [0.2, 0.25) is 0 Å². The Morgan fingerprint density at radius 3 is 3.00 bits per heavy atom. The topological polar surface area (TPSA) is 56.3 Å². The van der Waals surface area contributed by atoms with Crippen molar-refractivity contribution < 1.29 is 14.3 Å². The van der Waals surface area contributed by atoms with Gasteiger partial charge in [0.15, 0.2) is 5.78 Å². The molecule has 1 unspecified atom stereocenters. The van der Waals surface area contributed by atoms with Crippen LogP contribution in [0.15, 0.2) is 24.5 Å². The number of carbonyl (C=O) groups excluding carboxylic acids is 2. The zero-order valence-corrected chi connectivity index (χ0v) is 8.89. The zero-order valence-electron chi connectivity index (χ0n) is 8.89. The quantitative estimate of drug-likeness (QED) is 0.565. The molecule has 2 rings (SSSR count). The van der Waals surface area contributed by atoms with Gasteiger partial charge in [0.05, 0.1) is 13.0 Å². The smallest absolute Gasteiger partial charge is 0.171 e. The fourth-order valence-electron chi connectivity index (χ4n) is 1.72. The Hall–Kier alpha value is -1.55. The molecular weight excluding hydrogens is 206 g/mol. The summed E-state index contributed by atoms with van der Waals surface area (Å²) >= 11 is 0. The summed E-state index contributed by atoms with van der Waals surface area (Å²) in [6.45, 7) is 1.08. The lowest BCUT2D eigenvalue weighted by molar-refractivity contribution is -0.121. The van der Waals surface area contributed by atoms with E-state index in [0.29, 0.717) is 18.8 Å². The van der Waals surface area contributed by atoms with Crippen LogP contribution in [0.3, 0.4) is 0 Å². The average Bonchev–Trinajstić information content (AvgIpc) is 2.83. The van der Waals surface area contributed by atoms with E-state index in [2.05, 4.69) is 4.98 Å². The minimum Gasteiger partial charge on any atom is -0.381 e. The summed E-state index contributed by atoms with van der Waals surface area (Å²) in [4.78, 5) is 27.3. The summed E-state index contributed by atoms with van der Waals surface area (Å²) in [5.74, 6) is -0.281. The first-order valence-corrected chi connectivity index (χ1v) is 5.31. The molecule has 0 saturated carbocycles. The number of Topliss-reactive ketones (excluding diaryl/α,β-unsaturated/α-hetero) is 2. The van der Waals surface area contributed by atoms with Gasteiger partial charge in [-0.15, -0.1) is 0 Å². The summed E-state index contributed by atoms with van der Waals surface area (Å²) in [7, 11) is 0. The van der Waals surface area contributed by atoms with Crippen LogP contribution in [0.25, 0.3) is 0 Å². The molecule has 16 heavy (non-hydrogen) atoms. The van der Waals surface area contributed by atoms with E-state index < -0.39 is 0 Å². The van der Waals surface area contributed by atoms with Crippen molar-refractivity contribution in [2.24, 2.45) is 5.92 Å². The summed E-state index contributed by atoms with van der Waals surface area (Å²) in [6.07, 6.45) is 3.78. The van der Waals surface area contributed by atoms with E-state index >= 15 is 0 Å². The lowest BCUT2D eigenvalue weighted by Gasteiger charge is -2.05. The van der Waals surface area contributed by atoms with Crippen molar-refractivity contribution in [2.45, 2.75) is 12.8 Å². The van der Waals surface area contributed by atoms with Crippen LogP contribution in [0.1, 0.15) is 23.2 Å². The van der Waals surface area contributed by atoms with Gasteiger partial charge in [-0.1, -0.05) is 0 Å². The van der Waals surface area contributed by atoms with Crippen molar-refractivity contribution >= 4 is 11.6 Å². The third kappa shape index (κ3) is 2.52. The number of ether oxygens (including phenoxy) is 1. The van der Waals surface area contributed by atoms with Gasteiger partial charge in [0, 0.05) is 30.5 Å². The molecule has 1 aliphatic heterocycles. The predicted octanol–water partition coefficient (Wildman–Crippen LogP) is 1.26. The molecule has 0 N–H and O–H groups in total. The highest BCUT2D eigenvalue weighted by molar-refractivity contribution is 6.08. The van der Waals surface area contributed by atoms with E-state index in [1.54, 1.807) is 18.3 Å². The first kappa shape index (κ1) is 11.0. The summed E-state index contributed by atoms with van der Waals surface area (Å²) < 4.78 is 5.12. The number of rotatable bonds is 4. The lowest BCUT2D eigenvalue weighted by Crippen LogP contribution is -2.18. The molecular formula is C12H13NO3. The van der Waals surface area contributed by atoms with E-state index in [-0.39, 0.29) is 23.9 Å². The van der Waals surface area contributed by atoms with E-state index in [1.165, 1.54) is 6.20 Å². The van der Waals surface area contributed by atoms with Crippen LogP contribution < -0.4 is 0 Å². The molecule has 0 aliphatic carbocycles. The van der Waals surface area contributed by atoms with Gasteiger partial charge in [0.2, 0.25) is 0 Å². The van der Waals surface area contributed by atoms with E-state index in [1.807, 2.05) is 0 Å². The molecule has 2 heterocycles. The summed E-state index contributed by atoms with van der Waals surface area (Å²) in [6, 6.07) is 3.37. The van der Waals surface area contributed by atoms with E-state index in [0.717, 1.165) is 6.42 Å². The zero-order chi connectivity index (χ0) is 11.4. The molecule has 1 aromatic heterocycles. The number of hydrogen-bond acceptors (Lipinski definition) is 4. The maximum Gasteiger partial charge on any atom is 0.171 e. The molecule has 84 valence electrons. The van der Waals surface area contributed by atoms with Gasteiger partial charge in [0.25, 0.3) is 0 Å². The second-order valence-electron chi connectivity index (χ2n) is 3.87. The van der Waals surface area contributed by atoms with Crippen LogP contribution in [-0.2, 0) is 9.53 Å². The van der Waals surface area contributed by atoms with Gasteiger partial charge in [0.1, 0.15) is 5.78 Å². The van der Waals surface area contributed by atoms with Crippen molar-refractivity contribution in [3.8, 4) is 0 Å². The Bertz CT molecular complexity index is 383. The molecule has 0 amide bonds. The molecule has 1 fully saturated rings. The average molecular weight is 219 g/mol. The number of carbonyl (C=O) groups is 2. The number of hydrogen-bond donors (Lipinski definition) is 0. The Kier molecular flexibility index (Phi) is 3.41. The number of ketones is 2. The van der Waals surface area contributed by atoms with Crippen LogP contribution >= 0.6 is 0 Å². The SMILES string of the molecule is O=C(CC(=O)C1CCOC1)c1cccnc1. The van der Waals surface area contributed by atoms with Crippen molar-refractivity contribution in [3.63, 3.8) is 0 Å². The van der Waals surface area contributed by atoms with Crippen LogP contribution in [0.4, 0.5) is 0 Å². The number of pyridine rings is 1. The molecule has 1 aromatic rings. The second-order valence-corrected chi connectivity index (χ2v) is 3.87. The van der Waals surface area contributed by atoms with Crippen LogP contribution in [0.5, 0.6) is 0 Å². The molecule has 0 aromatic carbocycles. The van der Waals surface area contributed by atoms with E-state index in [9.17, 15) is 9.59 Å². The Labute approximate surface area is 93.6 Å². The monoisotopic (exact) mass is 219 g/mol. The minimum absolute atomic E-state index is 0.0219. The second kappa shape index (κ2) is 4.99. The highest BCUT2D eigenvalue weighted by Gasteiger charge is 2.25. The fourth-order valence-corrected chi connectivity index (χ4v) is 1.72. The summed E-state index contributed by atoms with van der Waals surface area (Å²) in [5.41, 5.74) is 0.495. The molecule has 1 aliphatic rings. The first-order valence-electron chi connectivity index (χ1n) is 5.31. The first-order chi connectivity index (χ1) is 7.77. The van der Waals surface area contributed by atoms with Crippen LogP contribution in [-0.4, -0.2) is 29.8 Å². The van der Waals surface area contributed by atoms with Gasteiger partial charge >= 0.3 is 0 Å². The molecule has 1 saturated heterocycles. The molecule has 4 nitrogen and oxygen atoms in total. The van der Waals surface area contributed by atoms with Gasteiger partial charge < -0.3 is 4.74 Å². The molecule has 0 spiro atoms. The number of nitrogens with zero attached hydrogens (tertiary/aromatic N) is 1. The Balaban J connectivity index is 1.94. The molecule has 4 heteroatoms. The Morgan fingerprint density at radius 2 is 2.38 bits per heavy atom. The van der Waals surface area contributed by atoms with Gasteiger partial charge in [-0.3, -0.25) is 14.6 Å². The fraction of sp³-hybridized carbons (Fsp3) is 0.417. The highest BCUT2D eigenvalue weighted by atomic mass is 16.5.